The highest BCUT2D eigenvalue weighted by atomic mass is 35.5. The van der Waals surface area contributed by atoms with E-state index in [-0.39, 0.29) is 11.3 Å². The maximum absolute atomic E-state index is 6.41. The number of ether oxygens (including phenoxy) is 2. The molecule has 0 saturated carbocycles. The minimum atomic E-state index is 0.253. The third-order valence-electron chi connectivity index (χ3n) is 4.62. The highest BCUT2D eigenvalue weighted by molar-refractivity contribution is 6.37. The lowest BCUT2D eigenvalue weighted by Crippen LogP contribution is -2.53. The maximum atomic E-state index is 6.41. The quantitative estimate of drug-likeness (QED) is 0.481. The van der Waals surface area contributed by atoms with E-state index in [9.17, 15) is 0 Å². The summed E-state index contributed by atoms with van der Waals surface area (Å²) in [4.78, 5) is 8.56. The number of aromatic nitrogens is 2. The zero-order valence-electron chi connectivity index (χ0n) is 17.5. The molecule has 156 valence electrons. The Morgan fingerprint density at radius 2 is 1.76 bits per heavy atom. The number of methoxy groups -OCH3 is 1. The summed E-state index contributed by atoms with van der Waals surface area (Å²) in [5, 5.41) is 8.89. The molecule has 1 aromatic carbocycles. The molecule has 2 aromatic rings. The standard InChI is InChI=1S/C20H25Cl2N5O2/c1-12(26(4)5)23-13-7-14(21)18(15(22)8-13)29-17-9-16(19(28-6)25-24-17)27-10-20(2,3)11-27/h7-9H,10-11H2,1-6H3. The Bertz CT molecular complexity index is 915. The molecule has 0 atom stereocenters. The predicted molar refractivity (Wildman–Crippen MR) is 118 cm³/mol. The van der Waals surface area contributed by atoms with Crippen LogP contribution in [0.2, 0.25) is 10.0 Å². The summed E-state index contributed by atoms with van der Waals surface area (Å²) in [5.74, 6) is 1.88. The van der Waals surface area contributed by atoms with E-state index in [1.165, 1.54) is 0 Å². The van der Waals surface area contributed by atoms with Crippen LogP contribution in [0.3, 0.4) is 0 Å². The summed E-state index contributed by atoms with van der Waals surface area (Å²) in [7, 11) is 5.40. The average molecular weight is 438 g/mol. The Kier molecular flexibility index (Phi) is 6.10. The molecule has 1 aromatic heterocycles. The molecule has 0 unspecified atom stereocenters. The van der Waals surface area contributed by atoms with Crippen LogP contribution in [0.5, 0.6) is 17.5 Å². The van der Waals surface area contributed by atoms with Crippen molar-refractivity contribution in [1.82, 2.24) is 15.1 Å². The number of nitrogens with zero attached hydrogens (tertiary/aromatic N) is 5. The predicted octanol–water partition coefficient (Wildman–Crippen LogP) is 5.04. The number of hydrogen-bond donors (Lipinski definition) is 0. The summed E-state index contributed by atoms with van der Waals surface area (Å²) in [6.45, 7) is 8.12. The van der Waals surface area contributed by atoms with Crippen molar-refractivity contribution >= 4 is 40.4 Å². The van der Waals surface area contributed by atoms with Crippen LogP contribution in [0.1, 0.15) is 20.8 Å². The number of hydrogen-bond acceptors (Lipinski definition) is 6. The topological polar surface area (TPSA) is 63.1 Å². The first-order valence-electron chi connectivity index (χ1n) is 9.16. The summed E-state index contributed by atoms with van der Waals surface area (Å²) in [6.07, 6.45) is 0. The van der Waals surface area contributed by atoms with Gasteiger partial charge >= 0.3 is 0 Å². The van der Waals surface area contributed by atoms with Gasteiger partial charge in [0, 0.05) is 33.3 Å². The maximum Gasteiger partial charge on any atom is 0.257 e. The van der Waals surface area contributed by atoms with E-state index in [0.29, 0.717) is 27.4 Å². The van der Waals surface area contributed by atoms with Crippen molar-refractivity contribution in [2.45, 2.75) is 20.8 Å². The third-order valence-corrected chi connectivity index (χ3v) is 5.18. The average Bonchev–Trinajstić information content (AvgIpc) is 2.62. The summed E-state index contributed by atoms with van der Waals surface area (Å²) in [5.41, 5.74) is 1.72. The molecule has 0 radical (unpaired) electrons. The SMILES string of the molecule is COc1nnc(Oc2c(Cl)cc(N=C(C)N(C)C)cc2Cl)cc1N1CC(C)(C)C1. The number of amidine groups is 1. The number of aliphatic imine (C=N–C) groups is 1. The Morgan fingerprint density at radius 3 is 2.28 bits per heavy atom. The molecule has 9 heteroatoms. The molecule has 2 heterocycles. The fourth-order valence-electron chi connectivity index (χ4n) is 3.03. The van der Waals surface area contributed by atoms with E-state index >= 15 is 0 Å². The molecular weight excluding hydrogens is 413 g/mol. The van der Waals surface area contributed by atoms with Crippen LogP contribution >= 0.6 is 23.2 Å². The van der Waals surface area contributed by atoms with Crippen molar-refractivity contribution in [3.05, 3.63) is 28.2 Å². The first kappa shape index (κ1) is 21.5. The van der Waals surface area contributed by atoms with Crippen LogP contribution < -0.4 is 14.4 Å². The van der Waals surface area contributed by atoms with Crippen LogP contribution in [-0.2, 0) is 0 Å². The minimum absolute atomic E-state index is 0.253. The van der Waals surface area contributed by atoms with Gasteiger partial charge in [-0.2, -0.15) is 0 Å². The lowest BCUT2D eigenvalue weighted by Gasteiger charge is -2.47. The van der Waals surface area contributed by atoms with Crippen LogP contribution in [0.15, 0.2) is 23.2 Å². The smallest absolute Gasteiger partial charge is 0.257 e. The van der Waals surface area contributed by atoms with E-state index < -0.39 is 0 Å². The van der Waals surface area contributed by atoms with Gasteiger partial charge in [0.25, 0.3) is 5.88 Å². The molecular formula is C20H25Cl2N5O2. The normalized spacial score (nSPS) is 15.7. The van der Waals surface area contributed by atoms with Gasteiger partial charge in [0.2, 0.25) is 5.88 Å². The molecule has 29 heavy (non-hydrogen) atoms. The van der Waals surface area contributed by atoms with Crippen LogP contribution in [0.25, 0.3) is 0 Å². The van der Waals surface area contributed by atoms with Crippen LogP contribution in [0.4, 0.5) is 11.4 Å². The minimum Gasteiger partial charge on any atom is -0.478 e. The lowest BCUT2D eigenvalue weighted by atomic mass is 9.84. The largest absolute Gasteiger partial charge is 0.478 e. The van der Waals surface area contributed by atoms with Gasteiger partial charge in [0.15, 0.2) is 5.75 Å². The fourth-order valence-corrected chi connectivity index (χ4v) is 3.59. The lowest BCUT2D eigenvalue weighted by molar-refractivity contribution is 0.271. The van der Waals surface area contributed by atoms with Gasteiger partial charge in [0.05, 0.1) is 22.8 Å². The second kappa shape index (κ2) is 8.24. The first-order valence-corrected chi connectivity index (χ1v) is 9.91. The Labute approximate surface area is 181 Å². The van der Waals surface area contributed by atoms with Crippen molar-refractivity contribution in [1.29, 1.82) is 0 Å². The molecule has 0 aliphatic carbocycles. The van der Waals surface area contributed by atoms with Gasteiger partial charge < -0.3 is 19.3 Å². The second-order valence-corrected chi connectivity index (χ2v) is 8.81. The highest BCUT2D eigenvalue weighted by Gasteiger charge is 2.36. The summed E-state index contributed by atoms with van der Waals surface area (Å²) < 4.78 is 11.2. The molecule has 0 bridgehead atoms. The summed E-state index contributed by atoms with van der Waals surface area (Å²) in [6, 6.07) is 5.19. The Hall–Kier alpha value is -2.25. The van der Waals surface area contributed by atoms with E-state index in [0.717, 1.165) is 24.6 Å². The fraction of sp³-hybridized carbons (Fsp3) is 0.450. The van der Waals surface area contributed by atoms with E-state index in [4.69, 9.17) is 32.7 Å². The van der Waals surface area contributed by atoms with Crippen molar-refractivity contribution in [3.8, 4) is 17.5 Å². The molecule has 0 N–H and O–H groups in total. The molecule has 1 aliphatic heterocycles. The molecule has 0 amide bonds. The van der Waals surface area contributed by atoms with Crippen LogP contribution in [0, 0.1) is 5.41 Å². The van der Waals surface area contributed by atoms with E-state index in [1.807, 2.05) is 25.9 Å². The Morgan fingerprint density at radius 1 is 1.14 bits per heavy atom. The van der Waals surface area contributed by atoms with Crippen LogP contribution in [-0.4, -0.2) is 55.2 Å². The number of halogens is 2. The number of rotatable bonds is 5. The summed E-state index contributed by atoms with van der Waals surface area (Å²) >= 11 is 12.8. The number of anilines is 1. The second-order valence-electron chi connectivity index (χ2n) is 7.99. The van der Waals surface area contributed by atoms with Gasteiger partial charge in [-0.05, 0) is 24.5 Å². The first-order chi connectivity index (χ1) is 13.6. The monoisotopic (exact) mass is 437 g/mol. The molecule has 1 fully saturated rings. The van der Waals surface area contributed by atoms with Crippen molar-refractivity contribution in [2.24, 2.45) is 10.4 Å². The van der Waals surface area contributed by atoms with Gasteiger partial charge in [-0.15, -0.1) is 10.2 Å². The molecule has 0 spiro atoms. The van der Waals surface area contributed by atoms with Gasteiger partial charge in [-0.25, -0.2) is 4.99 Å². The van der Waals surface area contributed by atoms with Gasteiger partial charge in [-0.3, -0.25) is 0 Å². The van der Waals surface area contributed by atoms with Gasteiger partial charge in [-0.1, -0.05) is 37.0 Å². The molecule has 1 aliphatic rings. The van der Waals surface area contributed by atoms with Crippen molar-refractivity contribution in [2.75, 3.05) is 39.2 Å². The highest BCUT2D eigenvalue weighted by Crippen LogP contribution is 2.42. The van der Waals surface area contributed by atoms with E-state index in [1.54, 1.807) is 25.3 Å². The van der Waals surface area contributed by atoms with E-state index in [2.05, 4.69) is 33.9 Å². The molecule has 1 saturated heterocycles. The van der Waals surface area contributed by atoms with Crippen molar-refractivity contribution < 1.29 is 9.47 Å². The molecule has 3 rings (SSSR count). The molecule has 7 nitrogen and oxygen atoms in total. The zero-order valence-corrected chi connectivity index (χ0v) is 19.0. The van der Waals surface area contributed by atoms with Gasteiger partial charge in [0.1, 0.15) is 11.5 Å². The third kappa shape index (κ3) is 4.85. The zero-order chi connectivity index (χ0) is 21.3. The number of benzene rings is 1. The van der Waals surface area contributed by atoms with Crippen molar-refractivity contribution in [3.63, 3.8) is 0 Å². The Balaban J connectivity index is 1.87.